The molecule has 11 heteroatoms. The van der Waals surface area contributed by atoms with Crippen molar-refractivity contribution < 1.29 is 31.9 Å². The second-order valence-electron chi connectivity index (χ2n) is 7.29. The first-order valence-corrected chi connectivity index (χ1v) is 11.6. The highest BCUT2D eigenvalue weighted by Crippen LogP contribution is 2.34. The monoisotopic (exact) mass is 485 g/mol. The lowest BCUT2D eigenvalue weighted by Gasteiger charge is -2.25. The molecule has 1 aliphatic rings. The number of nitrogens with two attached hydrogens (primary N) is 1. The largest absolute Gasteiger partial charge is 0.486 e. The minimum Gasteiger partial charge on any atom is -0.486 e. The number of nitrogens with zero attached hydrogens (tertiary/aromatic N) is 1. The van der Waals surface area contributed by atoms with E-state index in [1.165, 1.54) is 60.7 Å². The molecule has 3 N–H and O–H groups in total. The topological polar surface area (TPSA) is 128 Å². The zero-order valence-electron chi connectivity index (χ0n) is 17.7. The van der Waals surface area contributed by atoms with E-state index in [0.717, 1.165) is 10.4 Å². The van der Waals surface area contributed by atoms with Crippen molar-refractivity contribution in [3.63, 3.8) is 0 Å². The van der Waals surface area contributed by atoms with Crippen molar-refractivity contribution >= 4 is 33.2 Å². The van der Waals surface area contributed by atoms with Gasteiger partial charge in [-0.05, 0) is 54.6 Å². The van der Waals surface area contributed by atoms with Crippen LogP contribution in [0.1, 0.15) is 10.4 Å². The van der Waals surface area contributed by atoms with Crippen molar-refractivity contribution in [2.45, 2.75) is 4.90 Å². The highest BCUT2D eigenvalue weighted by molar-refractivity contribution is 7.92. The maximum absolute atomic E-state index is 13.9. The summed E-state index contributed by atoms with van der Waals surface area (Å²) in [6, 6.07) is 14.8. The number of sulfonamides is 1. The number of halogens is 1. The summed E-state index contributed by atoms with van der Waals surface area (Å²) in [4.78, 5) is 23.8. The zero-order chi connectivity index (χ0) is 24.3. The Morgan fingerprint density at radius 3 is 2.35 bits per heavy atom. The van der Waals surface area contributed by atoms with E-state index in [1.807, 2.05) is 0 Å². The molecule has 0 fully saturated rings. The second-order valence-corrected chi connectivity index (χ2v) is 9.15. The van der Waals surface area contributed by atoms with Crippen LogP contribution in [0.4, 0.5) is 15.8 Å². The number of hydrogen-bond donors (Lipinski definition) is 2. The number of hydrogen-bond acceptors (Lipinski definition) is 6. The molecule has 0 radical (unpaired) electrons. The Balaban J connectivity index is 1.64. The zero-order valence-corrected chi connectivity index (χ0v) is 18.5. The minimum atomic E-state index is -4.30. The number of carbonyl (C=O) groups is 2. The van der Waals surface area contributed by atoms with Crippen molar-refractivity contribution in [2.75, 3.05) is 29.4 Å². The fraction of sp³-hybridized carbons (Fsp3) is 0.130. The molecule has 0 aliphatic carbocycles. The van der Waals surface area contributed by atoms with Crippen molar-refractivity contribution in [2.24, 2.45) is 5.73 Å². The maximum Gasteiger partial charge on any atom is 0.264 e. The number of fused-ring (bicyclic) bond motifs is 1. The van der Waals surface area contributed by atoms with Gasteiger partial charge < -0.3 is 20.5 Å². The molecule has 0 spiro atoms. The normalized spacial score (nSPS) is 12.6. The van der Waals surface area contributed by atoms with Gasteiger partial charge in [0.2, 0.25) is 11.8 Å². The Kier molecular flexibility index (Phi) is 6.37. The molecule has 3 aromatic carbocycles. The summed E-state index contributed by atoms with van der Waals surface area (Å²) in [5, 5.41) is 2.56. The highest BCUT2D eigenvalue weighted by atomic mass is 32.2. The lowest BCUT2D eigenvalue weighted by atomic mass is 10.2. The van der Waals surface area contributed by atoms with Gasteiger partial charge in [-0.3, -0.25) is 13.9 Å². The van der Waals surface area contributed by atoms with Crippen LogP contribution in [0.25, 0.3) is 0 Å². The molecule has 4 rings (SSSR count). The molecular formula is C23H20FN3O6S. The van der Waals surface area contributed by atoms with Gasteiger partial charge >= 0.3 is 0 Å². The van der Waals surface area contributed by atoms with Gasteiger partial charge in [-0.15, -0.1) is 0 Å². The molecule has 176 valence electrons. The van der Waals surface area contributed by atoms with Gasteiger partial charge in [0.1, 0.15) is 25.6 Å². The number of ether oxygens (including phenoxy) is 2. The van der Waals surface area contributed by atoms with Crippen LogP contribution in [-0.4, -0.2) is 40.0 Å². The van der Waals surface area contributed by atoms with Crippen LogP contribution in [0, 0.1) is 5.82 Å². The predicted octanol–water partition coefficient (Wildman–Crippen LogP) is 2.53. The van der Waals surface area contributed by atoms with Gasteiger partial charge in [0.15, 0.2) is 11.5 Å². The van der Waals surface area contributed by atoms with E-state index < -0.39 is 34.2 Å². The summed E-state index contributed by atoms with van der Waals surface area (Å²) in [5.74, 6) is -1.31. The number of rotatable bonds is 7. The van der Waals surface area contributed by atoms with Crippen LogP contribution in [0.15, 0.2) is 71.6 Å². The van der Waals surface area contributed by atoms with Gasteiger partial charge in [0, 0.05) is 17.3 Å². The van der Waals surface area contributed by atoms with E-state index in [2.05, 4.69) is 5.32 Å². The number of benzene rings is 3. The highest BCUT2D eigenvalue weighted by Gasteiger charge is 2.29. The smallest absolute Gasteiger partial charge is 0.264 e. The Labute approximate surface area is 194 Å². The van der Waals surface area contributed by atoms with Crippen molar-refractivity contribution in [3.8, 4) is 11.5 Å². The molecule has 1 heterocycles. The van der Waals surface area contributed by atoms with E-state index in [4.69, 9.17) is 15.2 Å². The summed E-state index contributed by atoms with van der Waals surface area (Å²) < 4.78 is 52.7. The Morgan fingerprint density at radius 2 is 1.68 bits per heavy atom. The first-order chi connectivity index (χ1) is 16.2. The fourth-order valence-corrected chi connectivity index (χ4v) is 4.74. The Morgan fingerprint density at radius 1 is 0.971 bits per heavy atom. The maximum atomic E-state index is 13.9. The van der Waals surface area contributed by atoms with E-state index in [0.29, 0.717) is 18.0 Å². The van der Waals surface area contributed by atoms with Gasteiger partial charge in [-0.1, -0.05) is 6.07 Å². The third-order valence-electron chi connectivity index (χ3n) is 4.94. The molecular weight excluding hydrogens is 465 g/mol. The average Bonchev–Trinajstić information content (AvgIpc) is 2.82. The first-order valence-electron chi connectivity index (χ1n) is 10.1. The molecule has 2 amide bonds. The SMILES string of the molecule is NC(=O)c1ccc(NC(=O)CN(c2cccc(F)c2)S(=O)(=O)c2ccc3c(c2)OCCO3)cc1. The number of amides is 2. The van der Waals surface area contributed by atoms with E-state index in [9.17, 15) is 22.4 Å². The van der Waals surface area contributed by atoms with Gasteiger partial charge in [-0.2, -0.15) is 0 Å². The van der Waals surface area contributed by atoms with Crippen LogP contribution >= 0.6 is 0 Å². The predicted molar refractivity (Wildman–Crippen MR) is 122 cm³/mol. The average molecular weight is 485 g/mol. The summed E-state index contributed by atoms with van der Waals surface area (Å²) in [5.41, 5.74) is 5.75. The molecule has 3 aromatic rings. The molecule has 34 heavy (non-hydrogen) atoms. The van der Waals surface area contributed by atoms with E-state index in [1.54, 1.807) is 0 Å². The van der Waals surface area contributed by atoms with Gasteiger partial charge in [0.05, 0.1) is 10.6 Å². The number of nitrogens with one attached hydrogen (secondary N) is 1. The molecule has 9 nitrogen and oxygen atoms in total. The number of anilines is 2. The second kappa shape index (κ2) is 9.40. The van der Waals surface area contributed by atoms with Crippen LogP contribution in [0.3, 0.4) is 0 Å². The fourth-order valence-electron chi connectivity index (χ4n) is 3.31. The number of primary amides is 1. The molecule has 0 atom stereocenters. The van der Waals surface area contributed by atoms with Gasteiger partial charge in [-0.25, -0.2) is 12.8 Å². The summed E-state index contributed by atoms with van der Waals surface area (Å²) >= 11 is 0. The standard InChI is InChI=1S/C23H20FN3O6S/c24-16-2-1-3-18(12-16)27(14-22(28)26-17-6-4-15(5-7-17)23(25)29)34(30,31)19-8-9-20-21(13-19)33-11-10-32-20/h1-9,12-13H,10-11,14H2,(H2,25,29)(H,26,28). The Hall–Kier alpha value is -4.12. The molecule has 0 aromatic heterocycles. The molecule has 0 saturated heterocycles. The quantitative estimate of drug-likeness (QED) is 0.529. The first kappa shape index (κ1) is 23.1. The third kappa shape index (κ3) is 4.94. The van der Waals surface area contributed by atoms with Gasteiger partial charge in [0.25, 0.3) is 10.0 Å². The lowest BCUT2D eigenvalue weighted by molar-refractivity contribution is -0.114. The minimum absolute atomic E-state index is 0.0332. The molecule has 1 aliphatic heterocycles. The van der Waals surface area contributed by atoms with Crippen molar-refractivity contribution in [1.29, 1.82) is 0 Å². The third-order valence-corrected chi connectivity index (χ3v) is 6.71. The van der Waals surface area contributed by atoms with E-state index in [-0.39, 0.29) is 28.5 Å². The van der Waals surface area contributed by atoms with Crippen LogP contribution in [0.2, 0.25) is 0 Å². The van der Waals surface area contributed by atoms with Crippen LogP contribution in [0.5, 0.6) is 11.5 Å². The Bertz CT molecular complexity index is 1350. The van der Waals surface area contributed by atoms with Crippen LogP contribution < -0.4 is 24.8 Å². The molecule has 0 bridgehead atoms. The van der Waals surface area contributed by atoms with Crippen LogP contribution in [-0.2, 0) is 14.8 Å². The summed E-state index contributed by atoms with van der Waals surface area (Å²) in [6.07, 6.45) is 0. The van der Waals surface area contributed by atoms with E-state index >= 15 is 0 Å². The summed E-state index contributed by atoms with van der Waals surface area (Å²) in [6.45, 7) is -0.0338. The summed E-state index contributed by atoms with van der Waals surface area (Å²) in [7, 11) is -4.30. The molecule has 0 unspecified atom stereocenters. The van der Waals surface area contributed by atoms with Crippen molar-refractivity contribution in [1.82, 2.24) is 0 Å². The lowest BCUT2D eigenvalue weighted by Crippen LogP contribution is -2.38. The van der Waals surface area contributed by atoms with Crippen molar-refractivity contribution in [3.05, 3.63) is 78.1 Å². The molecule has 0 saturated carbocycles. The number of carbonyl (C=O) groups excluding carboxylic acids is 2.